The van der Waals surface area contributed by atoms with E-state index in [1.807, 2.05) is 0 Å². The highest BCUT2D eigenvalue weighted by molar-refractivity contribution is 5.82. The van der Waals surface area contributed by atoms with E-state index in [1.165, 1.54) is 64.0 Å². The van der Waals surface area contributed by atoms with E-state index in [-0.39, 0.29) is 0 Å². The molecule has 118 valence electrons. The summed E-state index contributed by atoms with van der Waals surface area (Å²) in [7, 11) is 0. The second-order valence-corrected chi connectivity index (χ2v) is 6.97. The van der Waals surface area contributed by atoms with Gasteiger partial charge in [-0.2, -0.15) is 0 Å². The molecule has 5 rings (SSSR count). The van der Waals surface area contributed by atoms with Gasteiger partial charge in [0.2, 0.25) is 0 Å². The van der Waals surface area contributed by atoms with Crippen molar-refractivity contribution in [3.8, 4) is 22.4 Å². The van der Waals surface area contributed by atoms with Gasteiger partial charge in [0.05, 0.1) is 5.69 Å². The summed E-state index contributed by atoms with van der Waals surface area (Å²) in [6, 6.07) is 19.8. The zero-order valence-corrected chi connectivity index (χ0v) is 13.9. The van der Waals surface area contributed by atoms with Gasteiger partial charge in [0.1, 0.15) is 0 Å². The minimum atomic E-state index is 1.11. The molecule has 1 heteroatoms. The molecule has 2 aliphatic rings. The molecule has 24 heavy (non-hydrogen) atoms. The summed E-state index contributed by atoms with van der Waals surface area (Å²) in [6.07, 6.45) is 7.12. The molecule has 0 radical (unpaired) electrons. The molecule has 0 amide bonds. The Balaban J connectivity index is 1.84. The molecule has 1 aromatic heterocycles. The molecule has 0 fully saturated rings. The van der Waals surface area contributed by atoms with Crippen LogP contribution in [0, 0.1) is 0 Å². The molecule has 3 aromatic rings. The van der Waals surface area contributed by atoms with E-state index in [9.17, 15) is 0 Å². The lowest BCUT2D eigenvalue weighted by atomic mass is 9.80. The Kier molecular flexibility index (Phi) is 3.26. The third-order valence-electron chi connectivity index (χ3n) is 5.55. The van der Waals surface area contributed by atoms with Gasteiger partial charge < -0.3 is 0 Å². The predicted molar refractivity (Wildman–Crippen MR) is 99.2 cm³/mol. The van der Waals surface area contributed by atoms with Crippen LogP contribution in [0.2, 0.25) is 0 Å². The van der Waals surface area contributed by atoms with Gasteiger partial charge >= 0.3 is 0 Å². The highest BCUT2D eigenvalue weighted by Crippen LogP contribution is 2.42. The Morgan fingerprint density at radius 3 is 2.38 bits per heavy atom. The normalized spacial score (nSPS) is 15.3. The van der Waals surface area contributed by atoms with Crippen LogP contribution in [0.25, 0.3) is 22.4 Å². The minimum Gasteiger partial charge on any atom is -0.252 e. The van der Waals surface area contributed by atoms with Crippen molar-refractivity contribution in [2.24, 2.45) is 0 Å². The number of aromatic nitrogens is 1. The molecule has 1 nitrogen and oxygen atoms in total. The summed E-state index contributed by atoms with van der Waals surface area (Å²) in [5, 5.41) is 0. The lowest BCUT2D eigenvalue weighted by Gasteiger charge is -2.28. The van der Waals surface area contributed by atoms with Crippen LogP contribution < -0.4 is 0 Å². The maximum absolute atomic E-state index is 5.18. The summed E-state index contributed by atoms with van der Waals surface area (Å²) in [6.45, 7) is 0. The minimum absolute atomic E-state index is 1.11. The fraction of sp³-hybridized carbons (Fsp3) is 0.261. The van der Waals surface area contributed by atoms with Crippen LogP contribution >= 0.6 is 0 Å². The van der Waals surface area contributed by atoms with Crippen LogP contribution in [-0.2, 0) is 25.7 Å². The summed E-state index contributed by atoms with van der Waals surface area (Å²) in [4.78, 5) is 5.18. The molecule has 2 aromatic carbocycles. The number of fused-ring (bicyclic) bond motifs is 4. The van der Waals surface area contributed by atoms with E-state index in [0.29, 0.717) is 0 Å². The highest BCUT2D eigenvalue weighted by atomic mass is 14.7. The Morgan fingerprint density at radius 2 is 1.46 bits per heavy atom. The number of benzene rings is 2. The number of rotatable bonds is 1. The van der Waals surface area contributed by atoms with Gasteiger partial charge in [-0.15, -0.1) is 0 Å². The van der Waals surface area contributed by atoms with Crippen LogP contribution in [0.4, 0.5) is 0 Å². The standard InChI is InChI=1S/C23H21N/c1-2-9-17(10-3-1)22-19-12-6-7-13-21(19)24-23-18-11-5-4-8-16(18)14-15-20(22)23/h1-5,8-11H,6-7,12-15H2. The third-order valence-corrected chi connectivity index (χ3v) is 5.55. The topological polar surface area (TPSA) is 12.9 Å². The smallest absolute Gasteiger partial charge is 0.0746 e. The van der Waals surface area contributed by atoms with Crippen LogP contribution in [0.5, 0.6) is 0 Å². The SMILES string of the molecule is c1ccc(-c2c3c(nc4c2CCc2ccccc2-4)CCCC3)cc1. The first-order valence-corrected chi connectivity index (χ1v) is 9.10. The van der Waals surface area contributed by atoms with E-state index in [2.05, 4.69) is 54.6 Å². The molecule has 0 saturated heterocycles. The maximum Gasteiger partial charge on any atom is 0.0746 e. The van der Waals surface area contributed by atoms with Gasteiger partial charge in [0.25, 0.3) is 0 Å². The first-order chi connectivity index (χ1) is 11.9. The Labute approximate surface area is 143 Å². The van der Waals surface area contributed by atoms with E-state index < -0.39 is 0 Å². The van der Waals surface area contributed by atoms with E-state index in [0.717, 1.165) is 19.3 Å². The molecule has 0 N–H and O–H groups in total. The average Bonchev–Trinajstić information content (AvgIpc) is 2.67. The van der Waals surface area contributed by atoms with Crippen molar-refractivity contribution >= 4 is 0 Å². The summed E-state index contributed by atoms with van der Waals surface area (Å²) in [5.41, 5.74) is 11.2. The van der Waals surface area contributed by atoms with Gasteiger partial charge in [-0.05, 0) is 66.3 Å². The second kappa shape index (κ2) is 5.59. The molecular formula is C23H21N. The Bertz CT molecular complexity index is 909. The zero-order chi connectivity index (χ0) is 15.9. The Morgan fingerprint density at radius 1 is 0.667 bits per heavy atom. The van der Waals surface area contributed by atoms with Crippen molar-refractivity contribution in [2.45, 2.75) is 38.5 Å². The molecule has 0 unspecified atom stereocenters. The molecule has 0 bridgehead atoms. The first-order valence-electron chi connectivity index (χ1n) is 9.10. The largest absolute Gasteiger partial charge is 0.252 e. The molecule has 0 saturated carbocycles. The van der Waals surface area contributed by atoms with Crippen molar-refractivity contribution in [1.29, 1.82) is 0 Å². The van der Waals surface area contributed by atoms with Crippen LogP contribution in [-0.4, -0.2) is 4.98 Å². The number of aryl methyl sites for hydroxylation is 2. The first kappa shape index (κ1) is 14.0. The zero-order valence-electron chi connectivity index (χ0n) is 13.9. The van der Waals surface area contributed by atoms with E-state index >= 15 is 0 Å². The number of hydrogen-bond donors (Lipinski definition) is 0. The van der Waals surface area contributed by atoms with Crippen molar-refractivity contribution in [3.63, 3.8) is 0 Å². The average molecular weight is 311 g/mol. The summed E-state index contributed by atoms with van der Waals surface area (Å²) >= 11 is 0. The third kappa shape index (κ3) is 2.11. The predicted octanol–water partition coefficient (Wildman–Crippen LogP) is 5.39. The van der Waals surface area contributed by atoms with Crippen LogP contribution in [0.1, 0.15) is 35.2 Å². The number of hydrogen-bond acceptors (Lipinski definition) is 1. The number of nitrogens with zero attached hydrogens (tertiary/aromatic N) is 1. The molecule has 0 aliphatic heterocycles. The summed E-state index contributed by atoms with van der Waals surface area (Å²) < 4.78 is 0. The van der Waals surface area contributed by atoms with Crippen LogP contribution in [0.3, 0.4) is 0 Å². The van der Waals surface area contributed by atoms with Crippen molar-refractivity contribution in [1.82, 2.24) is 4.98 Å². The van der Waals surface area contributed by atoms with Gasteiger partial charge in [0.15, 0.2) is 0 Å². The maximum atomic E-state index is 5.18. The van der Waals surface area contributed by atoms with Crippen LogP contribution in [0.15, 0.2) is 54.6 Å². The molecule has 0 spiro atoms. The fourth-order valence-corrected chi connectivity index (χ4v) is 4.43. The van der Waals surface area contributed by atoms with Gasteiger partial charge in [-0.3, -0.25) is 4.98 Å². The van der Waals surface area contributed by atoms with Crippen molar-refractivity contribution in [3.05, 3.63) is 77.0 Å². The van der Waals surface area contributed by atoms with Gasteiger partial charge in [-0.25, -0.2) is 0 Å². The van der Waals surface area contributed by atoms with Crippen molar-refractivity contribution in [2.75, 3.05) is 0 Å². The lowest BCUT2D eigenvalue weighted by Crippen LogP contribution is -2.15. The Hall–Kier alpha value is -2.41. The van der Waals surface area contributed by atoms with Crippen molar-refractivity contribution < 1.29 is 0 Å². The van der Waals surface area contributed by atoms with E-state index in [1.54, 1.807) is 0 Å². The quantitative estimate of drug-likeness (QED) is 0.587. The molecular weight excluding hydrogens is 290 g/mol. The molecule has 0 atom stereocenters. The van der Waals surface area contributed by atoms with Gasteiger partial charge in [-0.1, -0.05) is 54.6 Å². The summed E-state index contributed by atoms with van der Waals surface area (Å²) in [5.74, 6) is 0. The second-order valence-electron chi connectivity index (χ2n) is 6.97. The highest BCUT2D eigenvalue weighted by Gasteiger charge is 2.26. The monoisotopic (exact) mass is 311 g/mol. The molecule has 1 heterocycles. The van der Waals surface area contributed by atoms with E-state index in [4.69, 9.17) is 4.98 Å². The number of pyridine rings is 1. The van der Waals surface area contributed by atoms with Gasteiger partial charge in [0, 0.05) is 11.3 Å². The molecule has 2 aliphatic carbocycles. The fourth-order valence-electron chi connectivity index (χ4n) is 4.43. The lowest BCUT2D eigenvalue weighted by molar-refractivity contribution is 0.667.